The second-order valence-electron chi connectivity index (χ2n) is 4.98. The van der Waals surface area contributed by atoms with E-state index in [4.69, 9.17) is 0 Å². The Bertz CT molecular complexity index is 428. The molecule has 0 atom stereocenters. The van der Waals surface area contributed by atoms with E-state index in [1.165, 1.54) is 17.3 Å². The molecule has 100 valence electrons. The van der Waals surface area contributed by atoms with Gasteiger partial charge >= 0.3 is 124 Å². The van der Waals surface area contributed by atoms with Crippen LogP contribution in [0.25, 0.3) is 0 Å². The van der Waals surface area contributed by atoms with Crippen LogP contribution in [0.1, 0.15) is 6.42 Å². The summed E-state index contributed by atoms with van der Waals surface area (Å²) in [6.07, 6.45) is 1.31. The van der Waals surface area contributed by atoms with E-state index in [2.05, 4.69) is 79.7 Å². The van der Waals surface area contributed by atoms with Gasteiger partial charge in [0.1, 0.15) is 0 Å². The minimum atomic E-state index is -1.53. The third-order valence-corrected chi connectivity index (χ3v) is 10.6. The Morgan fingerprint density at radius 3 is 1.68 bits per heavy atom. The van der Waals surface area contributed by atoms with Crippen molar-refractivity contribution in [2.75, 3.05) is 20.6 Å². The quantitative estimate of drug-likeness (QED) is 0.713. The second kappa shape index (κ2) is 7.72. The Hall–Kier alpha value is -0.782. The molecule has 0 fully saturated rings. The molecule has 0 saturated heterocycles. The van der Waals surface area contributed by atoms with Gasteiger partial charge < -0.3 is 0 Å². The number of hydrogen-bond acceptors (Lipinski definition) is 1. The molecule has 0 unspecified atom stereocenters. The third kappa shape index (κ3) is 4.67. The van der Waals surface area contributed by atoms with Gasteiger partial charge in [-0.05, 0) is 0 Å². The second-order valence-corrected chi connectivity index (χ2v) is 11.6. The molecule has 2 rings (SSSR count). The van der Waals surface area contributed by atoms with Crippen molar-refractivity contribution < 1.29 is 0 Å². The fourth-order valence-electron chi connectivity index (χ4n) is 2.17. The van der Waals surface area contributed by atoms with Crippen molar-refractivity contribution in [3.63, 3.8) is 0 Å². The molecular formula is C17H22NSb. The average Bonchev–Trinajstić information content (AvgIpc) is 2.45. The van der Waals surface area contributed by atoms with Crippen molar-refractivity contribution in [1.29, 1.82) is 0 Å². The zero-order valence-corrected chi connectivity index (χ0v) is 14.3. The van der Waals surface area contributed by atoms with Crippen LogP contribution >= 0.6 is 0 Å². The van der Waals surface area contributed by atoms with Gasteiger partial charge in [-0.1, -0.05) is 0 Å². The minimum absolute atomic E-state index is 1.19. The fraction of sp³-hybridized carbons (Fsp3) is 0.294. The first-order chi connectivity index (χ1) is 9.27. The summed E-state index contributed by atoms with van der Waals surface area (Å²) in [5, 5.41) is 0. The summed E-state index contributed by atoms with van der Waals surface area (Å²) in [6, 6.07) is 22.3. The molecule has 0 aliphatic carbocycles. The van der Waals surface area contributed by atoms with Gasteiger partial charge in [0.2, 0.25) is 0 Å². The van der Waals surface area contributed by atoms with Crippen molar-refractivity contribution in [1.82, 2.24) is 4.90 Å². The predicted molar refractivity (Wildman–Crippen MR) is 85.9 cm³/mol. The number of benzene rings is 2. The van der Waals surface area contributed by atoms with Gasteiger partial charge in [-0.2, -0.15) is 0 Å². The van der Waals surface area contributed by atoms with Gasteiger partial charge in [-0.15, -0.1) is 0 Å². The van der Waals surface area contributed by atoms with Crippen LogP contribution in [0.15, 0.2) is 60.7 Å². The van der Waals surface area contributed by atoms with Gasteiger partial charge in [0.25, 0.3) is 0 Å². The number of nitrogens with zero attached hydrogens (tertiary/aromatic N) is 1. The van der Waals surface area contributed by atoms with E-state index in [1.807, 2.05) is 0 Å². The Kier molecular flexibility index (Phi) is 5.94. The Balaban J connectivity index is 2.14. The number of hydrogen-bond donors (Lipinski definition) is 0. The Labute approximate surface area is 124 Å². The third-order valence-electron chi connectivity index (χ3n) is 3.12. The van der Waals surface area contributed by atoms with Crippen molar-refractivity contribution in [2.24, 2.45) is 0 Å². The van der Waals surface area contributed by atoms with E-state index in [-0.39, 0.29) is 0 Å². The molecule has 1 nitrogen and oxygen atoms in total. The fourth-order valence-corrected chi connectivity index (χ4v) is 8.84. The molecule has 0 radical (unpaired) electrons. The molecule has 0 heterocycles. The first-order valence-corrected chi connectivity index (χ1v) is 11.2. The topological polar surface area (TPSA) is 3.24 Å². The van der Waals surface area contributed by atoms with Gasteiger partial charge in [0.15, 0.2) is 0 Å². The van der Waals surface area contributed by atoms with Gasteiger partial charge in [-0.25, -0.2) is 0 Å². The molecule has 0 aliphatic rings. The summed E-state index contributed by atoms with van der Waals surface area (Å²) in [7, 11) is 4.32. The normalized spacial score (nSPS) is 11.2. The first-order valence-electron chi connectivity index (χ1n) is 6.80. The molecule has 0 aliphatic heterocycles. The van der Waals surface area contributed by atoms with Crippen molar-refractivity contribution in [3.8, 4) is 0 Å². The van der Waals surface area contributed by atoms with E-state index < -0.39 is 20.2 Å². The Morgan fingerprint density at radius 2 is 1.26 bits per heavy atom. The van der Waals surface area contributed by atoms with Gasteiger partial charge in [0, 0.05) is 0 Å². The Morgan fingerprint density at radius 1 is 0.789 bits per heavy atom. The first kappa shape index (κ1) is 14.6. The van der Waals surface area contributed by atoms with Crippen molar-refractivity contribution in [2.45, 2.75) is 10.8 Å². The summed E-state index contributed by atoms with van der Waals surface area (Å²) in [6.45, 7) is 1.19. The van der Waals surface area contributed by atoms with E-state index in [1.54, 1.807) is 7.02 Å². The molecule has 2 aromatic rings. The molecule has 0 N–H and O–H groups in total. The van der Waals surface area contributed by atoms with Crippen LogP contribution in [0, 0.1) is 0 Å². The van der Waals surface area contributed by atoms with Crippen LogP contribution in [-0.4, -0.2) is 45.7 Å². The maximum atomic E-state index is 2.32. The standard InChI is InChI=1S/2C6H5.C5H12N.Sb/c2*1-2-4-6-5-3-1;1-4-5-6(2)3;/h2*1-5H;1,4-5H2,2-3H3;. The summed E-state index contributed by atoms with van der Waals surface area (Å²) in [5.41, 5.74) is 0. The maximum absolute atomic E-state index is 2.32. The monoisotopic (exact) mass is 361 g/mol. The van der Waals surface area contributed by atoms with Crippen LogP contribution < -0.4 is 7.02 Å². The SMILES string of the molecule is CN(C)CC[CH2][Sb]([c]1ccccc1)[c]1ccccc1. The summed E-state index contributed by atoms with van der Waals surface area (Å²) in [5.74, 6) is 0. The molecule has 0 amide bonds. The van der Waals surface area contributed by atoms with Crippen LogP contribution in [0.4, 0.5) is 0 Å². The molecule has 0 bridgehead atoms. The predicted octanol–water partition coefficient (Wildman–Crippen LogP) is 2.25. The summed E-state index contributed by atoms with van der Waals surface area (Å²) >= 11 is -1.53. The van der Waals surface area contributed by atoms with Crippen LogP contribution in [0.5, 0.6) is 0 Å². The van der Waals surface area contributed by atoms with E-state index in [0.717, 1.165) is 0 Å². The molecule has 0 saturated carbocycles. The average molecular weight is 362 g/mol. The van der Waals surface area contributed by atoms with Gasteiger partial charge in [0.05, 0.1) is 0 Å². The molecule has 2 aromatic carbocycles. The van der Waals surface area contributed by atoms with E-state index >= 15 is 0 Å². The van der Waals surface area contributed by atoms with Crippen LogP contribution in [-0.2, 0) is 0 Å². The molecule has 2 heteroatoms. The zero-order chi connectivity index (χ0) is 13.5. The molecule has 0 spiro atoms. The van der Waals surface area contributed by atoms with Gasteiger partial charge in [-0.3, -0.25) is 0 Å². The van der Waals surface area contributed by atoms with Crippen LogP contribution in [0.2, 0.25) is 4.37 Å². The van der Waals surface area contributed by atoms with E-state index in [0.29, 0.717) is 0 Å². The molecular weight excluding hydrogens is 340 g/mol. The summed E-state index contributed by atoms with van der Waals surface area (Å²) in [4.78, 5) is 2.29. The van der Waals surface area contributed by atoms with Crippen molar-refractivity contribution in [3.05, 3.63) is 60.7 Å². The molecule has 0 aromatic heterocycles. The summed E-state index contributed by atoms with van der Waals surface area (Å²) < 4.78 is 4.60. The van der Waals surface area contributed by atoms with Crippen molar-refractivity contribution >= 4 is 27.2 Å². The molecule has 19 heavy (non-hydrogen) atoms. The zero-order valence-electron chi connectivity index (χ0n) is 11.8. The van der Waals surface area contributed by atoms with Crippen LogP contribution in [0.3, 0.4) is 0 Å². The van der Waals surface area contributed by atoms with E-state index in [9.17, 15) is 0 Å². The number of rotatable bonds is 6.